The molecule has 1 aliphatic carbocycles. The highest BCUT2D eigenvalue weighted by molar-refractivity contribution is 6.74. The molecule has 0 radical (unpaired) electrons. The van der Waals surface area contributed by atoms with Crippen molar-refractivity contribution in [2.75, 3.05) is 0 Å². The van der Waals surface area contributed by atoms with Crippen LogP contribution in [0, 0.1) is 20.2 Å². The summed E-state index contributed by atoms with van der Waals surface area (Å²) in [6, 6.07) is 2.47. The number of non-ortho nitro benzene ring substituents is 2. The summed E-state index contributed by atoms with van der Waals surface area (Å²) in [4.78, 5) is 32.8. The topological polar surface area (TPSA) is 162 Å². The van der Waals surface area contributed by atoms with Crippen molar-refractivity contribution in [2.45, 2.75) is 76.2 Å². The van der Waals surface area contributed by atoms with E-state index < -0.39 is 59.9 Å². The highest BCUT2D eigenvalue weighted by Gasteiger charge is 2.46. The van der Waals surface area contributed by atoms with Crippen molar-refractivity contribution in [1.82, 2.24) is 0 Å². The van der Waals surface area contributed by atoms with E-state index in [1.807, 2.05) is 33.9 Å². The molecule has 0 aliphatic heterocycles. The largest absolute Gasteiger partial charge is 0.456 e. The molecule has 11 nitrogen and oxygen atoms in total. The van der Waals surface area contributed by atoms with E-state index in [9.17, 15) is 35.2 Å². The molecule has 2 rings (SSSR count). The standard InChI is InChI=1S/C19H28N2O9Si/c1-19(2,3)31(4,5)30-15-7-6-14(16(22)17(15)23)29-18(24)11-8-12(20(25)26)10-13(9-11)21(27)28/h8-10,14-17,22-23H,6-7H2,1-5H3/t14-,15-,16-,17+/m0/s1. The predicted molar refractivity (Wildman–Crippen MR) is 112 cm³/mol. The summed E-state index contributed by atoms with van der Waals surface area (Å²) in [5, 5.41) is 42.9. The summed E-state index contributed by atoms with van der Waals surface area (Å²) >= 11 is 0. The van der Waals surface area contributed by atoms with Crippen molar-refractivity contribution < 1.29 is 34.0 Å². The number of hydrogen-bond donors (Lipinski definition) is 2. The van der Waals surface area contributed by atoms with E-state index in [1.54, 1.807) is 0 Å². The summed E-state index contributed by atoms with van der Waals surface area (Å²) in [7, 11) is -2.21. The van der Waals surface area contributed by atoms with E-state index in [-0.39, 0.29) is 17.0 Å². The van der Waals surface area contributed by atoms with Crippen LogP contribution in [0.15, 0.2) is 18.2 Å². The van der Waals surface area contributed by atoms with Gasteiger partial charge >= 0.3 is 5.97 Å². The van der Waals surface area contributed by atoms with Gasteiger partial charge in [0.1, 0.15) is 18.3 Å². The van der Waals surface area contributed by atoms with Crippen molar-refractivity contribution in [3.63, 3.8) is 0 Å². The molecule has 0 saturated heterocycles. The third kappa shape index (κ3) is 5.64. The first-order chi connectivity index (χ1) is 14.1. The lowest BCUT2D eigenvalue weighted by atomic mass is 9.89. The second kappa shape index (κ2) is 8.98. The van der Waals surface area contributed by atoms with E-state index in [0.717, 1.165) is 18.2 Å². The highest BCUT2D eigenvalue weighted by Crippen LogP contribution is 2.39. The van der Waals surface area contributed by atoms with Crippen LogP contribution in [0.25, 0.3) is 0 Å². The van der Waals surface area contributed by atoms with E-state index in [1.165, 1.54) is 0 Å². The Kier molecular flexibility index (Phi) is 7.20. The Bertz CT molecular complexity index is 836. The normalized spacial score (nSPS) is 24.5. The fraction of sp³-hybridized carbons (Fsp3) is 0.632. The Labute approximate surface area is 180 Å². The van der Waals surface area contributed by atoms with Crippen LogP contribution in [-0.2, 0) is 9.16 Å². The van der Waals surface area contributed by atoms with Crippen LogP contribution in [-0.4, -0.2) is 58.8 Å². The number of nitro groups is 2. The molecule has 1 fully saturated rings. The van der Waals surface area contributed by atoms with E-state index in [0.29, 0.717) is 6.42 Å². The summed E-state index contributed by atoms with van der Waals surface area (Å²) in [6.07, 6.45) is -3.90. The first-order valence-electron chi connectivity index (χ1n) is 9.83. The number of carbonyl (C=O) groups is 1. The van der Waals surface area contributed by atoms with Gasteiger partial charge < -0.3 is 19.4 Å². The van der Waals surface area contributed by atoms with Gasteiger partial charge in [-0.25, -0.2) is 4.79 Å². The minimum Gasteiger partial charge on any atom is -0.456 e. The van der Waals surface area contributed by atoms with Gasteiger partial charge in [-0.05, 0) is 31.0 Å². The van der Waals surface area contributed by atoms with Crippen molar-refractivity contribution in [3.05, 3.63) is 44.0 Å². The van der Waals surface area contributed by atoms with Gasteiger partial charge in [-0.15, -0.1) is 0 Å². The third-order valence-electron chi connectivity index (χ3n) is 5.92. The Morgan fingerprint density at radius 1 is 1.00 bits per heavy atom. The number of ether oxygens (including phenoxy) is 1. The number of esters is 1. The number of nitro benzene ring substituents is 2. The van der Waals surface area contributed by atoms with Crippen LogP contribution in [0.2, 0.25) is 18.1 Å². The van der Waals surface area contributed by atoms with Crippen LogP contribution in [0.5, 0.6) is 0 Å². The summed E-state index contributed by atoms with van der Waals surface area (Å²) in [5.74, 6) is -1.06. The third-order valence-corrected chi connectivity index (χ3v) is 10.4. The van der Waals surface area contributed by atoms with Crippen molar-refractivity contribution >= 4 is 25.7 Å². The van der Waals surface area contributed by atoms with Gasteiger partial charge in [0, 0.05) is 12.1 Å². The maximum Gasteiger partial charge on any atom is 0.339 e. The fourth-order valence-electron chi connectivity index (χ4n) is 3.05. The first kappa shape index (κ1) is 24.9. The number of hydrogen-bond acceptors (Lipinski definition) is 9. The molecule has 1 aromatic rings. The van der Waals surface area contributed by atoms with Gasteiger partial charge in [0.25, 0.3) is 11.4 Å². The molecule has 0 aromatic heterocycles. The number of aliphatic hydroxyl groups excluding tert-OH is 2. The average molecular weight is 457 g/mol. The summed E-state index contributed by atoms with van der Waals surface area (Å²) in [6.45, 7) is 10.2. The molecule has 0 spiro atoms. The van der Waals surface area contributed by atoms with E-state index >= 15 is 0 Å². The van der Waals surface area contributed by atoms with Gasteiger partial charge in [0.2, 0.25) is 0 Å². The van der Waals surface area contributed by atoms with Crippen LogP contribution < -0.4 is 0 Å². The van der Waals surface area contributed by atoms with Crippen LogP contribution in [0.4, 0.5) is 11.4 Å². The smallest absolute Gasteiger partial charge is 0.339 e. The Morgan fingerprint density at radius 3 is 1.90 bits per heavy atom. The van der Waals surface area contributed by atoms with Gasteiger partial charge in [0.15, 0.2) is 8.32 Å². The molecule has 1 saturated carbocycles. The number of carbonyl (C=O) groups excluding carboxylic acids is 1. The molecule has 172 valence electrons. The molecule has 1 aromatic carbocycles. The molecule has 0 heterocycles. The van der Waals surface area contributed by atoms with Crippen LogP contribution in [0.1, 0.15) is 44.0 Å². The summed E-state index contributed by atoms with van der Waals surface area (Å²) < 4.78 is 11.4. The van der Waals surface area contributed by atoms with Crippen molar-refractivity contribution in [3.8, 4) is 0 Å². The summed E-state index contributed by atoms with van der Waals surface area (Å²) in [5.41, 5.74) is -1.65. The minimum atomic E-state index is -2.21. The Balaban J connectivity index is 2.14. The fourth-order valence-corrected chi connectivity index (χ4v) is 4.42. The first-order valence-corrected chi connectivity index (χ1v) is 12.7. The second-order valence-corrected chi connectivity index (χ2v) is 13.9. The zero-order chi connectivity index (χ0) is 23.7. The molecule has 2 N–H and O–H groups in total. The maximum atomic E-state index is 12.5. The number of rotatable bonds is 6. The number of aliphatic hydroxyl groups is 2. The molecule has 4 atom stereocenters. The lowest BCUT2D eigenvalue weighted by Gasteiger charge is -2.44. The van der Waals surface area contributed by atoms with Gasteiger partial charge in [-0.2, -0.15) is 0 Å². The van der Waals surface area contributed by atoms with Crippen LogP contribution in [0.3, 0.4) is 0 Å². The molecule has 0 amide bonds. The van der Waals surface area contributed by atoms with Gasteiger partial charge in [-0.1, -0.05) is 20.8 Å². The SMILES string of the molecule is CC(C)(C)[Si](C)(C)O[C@H]1CC[C@H](OC(=O)c2cc([N+](=O)[O-])cc([N+](=O)[O-])c2)[C@H](O)[C@@H]1O. The number of benzene rings is 1. The molecule has 0 bridgehead atoms. The maximum absolute atomic E-state index is 12.5. The average Bonchev–Trinajstić information content (AvgIpc) is 2.66. The predicted octanol–water partition coefficient (Wildman–Crippen LogP) is 2.93. The molecule has 0 unspecified atom stereocenters. The van der Waals surface area contributed by atoms with Gasteiger partial charge in [0.05, 0.1) is 27.6 Å². The van der Waals surface area contributed by atoms with Crippen molar-refractivity contribution in [2.24, 2.45) is 0 Å². The lowest BCUT2D eigenvalue weighted by Crippen LogP contribution is -2.55. The van der Waals surface area contributed by atoms with E-state index in [4.69, 9.17) is 9.16 Å². The molecule has 31 heavy (non-hydrogen) atoms. The zero-order valence-electron chi connectivity index (χ0n) is 18.1. The highest BCUT2D eigenvalue weighted by atomic mass is 28.4. The molecular formula is C19H28N2O9Si. The molecule has 12 heteroatoms. The zero-order valence-corrected chi connectivity index (χ0v) is 19.1. The number of nitrogens with zero attached hydrogens (tertiary/aromatic N) is 2. The van der Waals surface area contributed by atoms with Crippen LogP contribution >= 0.6 is 0 Å². The Morgan fingerprint density at radius 2 is 1.45 bits per heavy atom. The quantitative estimate of drug-likeness (QED) is 0.283. The van der Waals surface area contributed by atoms with Gasteiger partial charge in [-0.3, -0.25) is 20.2 Å². The second-order valence-electron chi connectivity index (χ2n) is 9.17. The Hall–Kier alpha value is -2.41. The monoisotopic (exact) mass is 456 g/mol. The van der Waals surface area contributed by atoms with Crippen molar-refractivity contribution in [1.29, 1.82) is 0 Å². The molecule has 1 aliphatic rings. The van der Waals surface area contributed by atoms with E-state index in [2.05, 4.69) is 0 Å². The lowest BCUT2D eigenvalue weighted by molar-refractivity contribution is -0.394. The minimum absolute atomic E-state index is 0.0995. The molecular weight excluding hydrogens is 428 g/mol.